The summed E-state index contributed by atoms with van der Waals surface area (Å²) in [6.07, 6.45) is 5.54. The van der Waals surface area contributed by atoms with Crippen molar-refractivity contribution in [3.63, 3.8) is 0 Å². The van der Waals surface area contributed by atoms with Gasteiger partial charge in [-0.2, -0.15) is 5.26 Å². The standard InChI is InChI=1S/C30H22N2O2/c31-22-26(30(33)34)21-25-15-19-29(20-16-25)32(27-9-5-2-6-10-27)28-17-13-24(14-18-28)12-11-23-7-3-1-4-8-23/h1-21H,(H,33,34)/b12-11+,26-21-. The highest BCUT2D eigenvalue weighted by molar-refractivity contribution is 5.96. The fourth-order valence-electron chi connectivity index (χ4n) is 3.54. The molecule has 0 atom stereocenters. The van der Waals surface area contributed by atoms with Crippen molar-refractivity contribution in [3.05, 3.63) is 131 Å². The number of benzene rings is 4. The van der Waals surface area contributed by atoms with Crippen LogP contribution in [-0.4, -0.2) is 11.1 Å². The lowest BCUT2D eigenvalue weighted by Gasteiger charge is -2.25. The average molecular weight is 443 g/mol. The molecule has 4 heteroatoms. The van der Waals surface area contributed by atoms with E-state index >= 15 is 0 Å². The zero-order valence-electron chi connectivity index (χ0n) is 18.4. The van der Waals surface area contributed by atoms with Crippen LogP contribution < -0.4 is 4.90 Å². The van der Waals surface area contributed by atoms with Crippen LogP contribution in [-0.2, 0) is 4.79 Å². The Labute approximate surface area is 199 Å². The highest BCUT2D eigenvalue weighted by atomic mass is 16.4. The third kappa shape index (κ3) is 5.48. The number of nitriles is 1. The molecule has 0 aromatic heterocycles. The van der Waals surface area contributed by atoms with Gasteiger partial charge < -0.3 is 10.0 Å². The van der Waals surface area contributed by atoms with E-state index in [1.807, 2.05) is 72.8 Å². The van der Waals surface area contributed by atoms with Gasteiger partial charge in [0.15, 0.2) is 0 Å². The molecule has 4 aromatic carbocycles. The van der Waals surface area contributed by atoms with Gasteiger partial charge in [-0.25, -0.2) is 4.79 Å². The molecule has 0 aliphatic rings. The molecule has 164 valence electrons. The van der Waals surface area contributed by atoms with Gasteiger partial charge >= 0.3 is 5.97 Å². The summed E-state index contributed by atoms with van der Waals surface area (Å²) in [5, 5.41) is 18.1. The van der Waals surface area contributed by atoms with E-state index in [-0.39, 0.29) is 5.57 Å². The molecule has 0 amide bonds. The number of para-hydroxylation sites is 1. The fourth-order valence-corrected chi connectivity index (χ4v) is 3.54. The zero-order valence-corrected chi connectivity index (χ0v) is 18.4. The van der Waals surface area contributed by atoms with Crippen molar-refractivity contribution in [2.75, 3.05) is 4.90 Å². The van der Waals surface area contributed by atoms with Crippen LogP contribution >= 0.6 is 0 Å². The summed E-state index contributed by atoms with van der Waals surface area (Å²) < 4.78 is 0. The summed E-state index contributed by atoms with van der Waals surface area (Å²) in [5.41, 5.74) is 5.51. The summed E-state index contributed by atoms with van der Waals surface area (Å²) in [5.74, 6) is -1.24. The molecule has 0 saturated carbocycles. The Kier molecular flexibility index (Phi) is 6.97. The van der Waals surface area contributed by atoms with Gasteiger partial charge in [-0.1, -0.05) is 84.9 Å². The molecule has 0 bridgehead atoms. The third-order valence-electron chi connectivity index (χ3n) is 5.25. The molecule has 1 N–H and O–H groups in total. The first-order valence-electron chi connectivity index (χ1n) is 10.8. The van der Waals surface area contributed by atoms with Crippen molar-refractivity contribution in [2.24, 2.45) is 0 Å². The van der Waals surface area contributed by atoms with Crippen LogP contribution in [0, 0.1) is 11.3 Å². The molecule has 0 aliphatic carbocycles. The molecular formula is C30H22N2O2. The lowest BCUT2D eigenvalue weighted by Crippen LogP contribution is -2.09. The number of rotatable bonds is 7. The number of aliphatic carboxylic acids is 1. The maximum Gasteiger partial charge on any atom is 0.346 e. The molecule has 0 spiro atoms. The Balaban J connectivity index is 1.64. The normalized spacial score (nSPS) is 11.2. The second-order valence-electron chi connectivity index (χ2n) is 7.57. The summed E-state index contributed by atoms with van der Waals surface area (Å²) >= 11 is 0. The van der Waals surface area contributed by atoms with Crippen LogP contribution in [0.3, 0.4) is 0 Å². The Morgan fingerprint density at radius 1 is 0.647 bits per heavy atom. The molecule has 4 rings (SSSR count). The molecule has 0 fully saturated rings. The van der Waals surface area contributed by atoms with Crippen molar-refractivity contribution in [3.8, 4) is 6.07 Å². The maximum atomic E-state index is 11.1. The van der Waals surface area contributed by atoms with Gasteiger partial charge in [0.1, 0.15) is 11.6 Å². The monoisotopic (exact) mass is 442 g/mol. The van der Waals surface area contributed by atoms with Gasteiger partial charge in [0.25, 0.3) is 0 Å². The van der Waals surface area contributed by atoms with Crippen molar-refractivity contribution in [1.29, 1.82) is 5.26 Å². The fraction of sp³-hybridized carbons (Fsp3) is 0. The van der Waals surface area contributed by atoms with Gasteiger partial charge in [0.05, 0.1) is 0 Å². The third-order valence-corrected chi connectivity index (χ3v) is 5.25. The van der Waals surface area contributed by atoms with Crippen LogP contribution in [0.5, 0.6) is 0 Å². The molecule has 0 aliphatic heterocycles. The van der Waals surface area contributed by atoms with Crippen LogP contribution in [0.15, 0.2) is 115 Å². The molecular weight excluding hydrogens is 420 g/mol. The number of hydrogen-bond acceptors (Lipinski definition) is 3. The molecule has 0 radical (unpaired) electrons. The number of carbonyl (C=O) groups is 1. The predicted octanol–water partition coefficient (Wildman–Crippen LogP) is 7.32. The first kappa shape index (κ1) is 22.3. The molecule has 4 aromatic rings. The van der Waals surface area contributed by atoms with E-state index in [0.29, 0.717) is 5.56 Å². The van der Waals surface area contributed by atoms with E-state index in [4.69, 9.17) is 10.4 Å². The summed E-state index contributed by atoms with van der Waals surface area (Å²) in [7, 11) is 0. The lowest BCUT2D eigenvalue weighted by molar-refractivity contribution is -0.132. The van der Waals surface area contributed by atoms with E-state index in [0.717, 1.165) is 28.2 Å². The Hall–Kier alpha value is -4.88. The van der Waals surface area contributed by atoms with Gasteiger partial charge in [0, 0.05) is 17.1 Å². The van der Waals surface area contributed by atoms with E-state index in [2.05, 4.69) is 53.5 Å². The van der Waals surface area contributed by atoms with Crippen LogP contribution in [0.25, 0.3) is 18.2 Å². The number of hydrogen-bond donors (Lipinski definition) is 1. The van der Waals surface area contributed by atoms with Crippen molar-refractivity contribution in [1.82, 2.24) is 0 Å². The first-order chi connectivity index (χ1) is 16.6. The minimum atomic E-state index is -1.24. The SMILES string of the molecule is N#C/C(=C/c1ccc(N(c2ccccc2)c2ccc(/C=C/c3ccccc3)cc2)cc1)C(=O)O. The number of carboxylic acids is 1. The highest BCUT2D eigenvalue weighted by Gasteiger charge is 2.12. The van der Waals surface area contributed by atoms with Crippen LogP contribution in [0.2, 0.25) is 0 Å². The Bertz CT molecular complexity index is 1350. The molecule has 34 heavy (non-hydrogen) atoms. The number of carboxylic acid groups (broad SMARTS) is 1. The maximum absolute atomic E-state index is 11.1. The van der Waals surface area contributed by atoms with Gasteiger partial charge in [-0.15, -0.1) is 0 Å². The minimum absolute atomic E-state index is 0.299. The second kappa shape index (κ2) is 10.6. The van der Waals surface area contributed by atoms with Crippen LogP contribution in [0.1, 0.15) is 16.7 Å². The van der Waals surface area contributed by atoms with Crippen molar-refractivity contribution in [2.45, 2.75) is 0 Å². The summed E-state index contributed by atoms with van der Waals surface area (Å²) in [6.45, 7) is 0. The second-order valence-corrected chi connectivity index (χ2v) is 7.57. The van der Waals surface area contributed by atoms with Crippen molar-refractivity contribution >= 4 is 41.3 Å². The molecule has 4 nitrogen and oxygen atoms in total. The minimum Gasteiger partial charge on any atom is -0.477 e. The van der Waals surface area contributed by atoms with Gasteiger partial charge in [-0.3, -0.25) is 0 Å². The number of anilines is 3. The zero-order chi connectivity index (χ0) is 23.8. The summed E-state index contributed by atoms with van der Waals surface area (Å²) in [6, 6.07) is 37.7. The molecule has 0 unspecified atom stereocenters. The Morgan fingerprint density at radius 3 is 1.59 bits per heavy atom. The van der Waals surface area contributed by atoms with E-state index in [1.54, 1.807) is 6.07 Å². The topological polar surface area (TPSA) is 64.3 Å². The highest BCUT2D eigenvalue weighted by Crippen LogP contribution is 2.34. The van der Waals surface area contributed by atoms with E-state index in [9.17, 15) is 4.79 Å². The van der Waals surface area contributed by atoms with Gasteiger partial charge in [-0.05, 0) is 59.2 Å². The predicted molar refractivity (Wildman–Crippen MR) is 138 cm³/mol. The molecule has 0 heterocycles. The largest absolute Gasteiger partial charge is 0.477 e. The lowest BCUT2D eigenvalue weighted by atomic mass is 10.1. The van der Waals surface area contributed by atoms with Crippen molar-refractivity contribution < 1.29 is 9.90 Å². The molecule has 0 saturated heterocycles. The Morgan fingerprint density at radius 2 is 1.09 bits per heavy atom. The van der Waals surface area contributed by atoms with Crippen LogP contribution in [0.4, 0.5) is 17.1 Å². The average Bonchev–Trinajstić information content (AvgIpc) is 2.89. The van der Waals surface area contributed by atoms with Gasteiger partial charge in [0.2, 0.25) is 0 Å². The summed E-state index contributed by atoms with van der Waals surface area (Å²) in [4.78, 5) is 13.3. The smallest absolute Gasteiger partial charge is 0.346 e. The van der Waals surface area contributed by atoms with E-state index < -0.39 is 5.97 Å². The van der Waals surface area contributed by atoms with E-state index in [1.165, 1.54) is 6.08 Å². The number of nitrogens with zero attached hydrogens (tertiary/aromatic N) is 2. The quantitative estimate of drug-likeness (QED) is 0.185. The first-order valence-corrected chi connectivity index (χ1v) is 10.8.